The van der Waals surface area contributed by atoms with E-state index in [1.807, 2.05) is 48.1 Å². The Morgan fingerprint density at radius 3 is 2.39 bits per heavy atom. The van der Waals surface area contributed by atoms with Gasteiger partial charge in [0.05, 0.1) is 33.1 Å². The third-order valence-electron chi connectivity index (χ3n) is 6.48. The van der Waals surface area contributed by atoms with Crippen molar-refractivity contribution in [3.05, 3.63) is 77.1 Å². The maximum atomic E-state index is 11.7. The van der Waals surface area contributed by atoms with Gasteiger partial charge in [0.25, 0.3) is 0 Å². The van der Waals surface area contributed by atoms with E-state index in [2.05, 4.69) is 17.2 Å². The van der Waals surface area contributed by atoms with Gasteiger partial charge in [-0.3, -0.25) is 9.48 Å². The maximum Gasteiger partial charge on any atom is 0.306 e. The molecule has 7 heteroatoms. The minimum Gasteiger partial charge on any atom is -0.496 e. The summed E-state index contributed by atoms with van der Waals surface area (Å²) in [5.74, 6) is 1.09. The SMILES string of the molecule is CCOC(=O)CCc1cnn(CC(CCCc2ccccc2)C(O)c2cc(OC)c(C)c(OC)c2)c1. The van der Waals surface area contributed by atoms with Gasteiger partial charge < -0.3 is 19.3 Å². The second-order valence-electron chi connectivity index (χ2n) is 9.01. The number of rotatable bonds is 14. The van der Waals surface area contributed by atoms with E-state index in [-0.39, 0.29) is 11.9 Å². The summed E-state index contributed by atoms with van der Waals surface area (Å²) >= 11 is 0. The van der Waals surface area contributed by atoms with Crippen LogP contribution in [-0.4, -0.2) is 41.7 Å². The van der Waals surface area contributed by atoms with Crippen LogP contribution < -0.4 is 9.47 Å². The quantitative estimate of drug-likeness (QED) is 0.315. The van der Waals surface area contributed by atoms with Crippen LogP contribution in [-0.2, 0) is 28.9 Å². The van der Waals surface area contributed by atoms with Crippen LogP contribution in [0.4, 0.5) is 0 Å². The molecule has 194 valence electrons. The van der Waals surface area contributed by atoms with Gasteiger partial charge in [0, 0.05) is 30.6 Å². The van der Waals surface area contributed by atoms with E-state index in [0.29, 0.717) is 37.5 Å². The van der Waals surface area contributed by atoms with Crippen molar-refractivity contribution in [2.24, 2.45) is 5.92 Å². The Labute approximate surface area is 214 Å². The number of aryl methyl sites for hydroxylation is 2. The number of benzene rings is 2. The van der Waals surface area contributed by atoms with Gasteiger partial charge in [-0.2, -0.15) is 5.10 Å². The highest BCUT2D eigenvalue weighted by molar-refractivity contribution is 5.69. The molecule has 36 heavy (non-hydrogen) atoms. The van der Waals surface area contributed by atoms with Crippen LogP contribution in [0, 0.1) is 12.8 Å². The van der Waals surface area contributed by atoms with Gasteiger partial charge >= 0.3 is 5.97 Å². The van der Waals surface area contributed by atoms with Gasteiger partial charge in [0.2, 0.25) is 0 Å². The summed E-state index contributed by atoms with van der Waals surface area (Å²) in [4.78, 5) is 11.7. The molecule has 0 aliphatic rings. The fourth-order valence-electron chi connectivity index (χ4n) is 4.47. The number of ether oxygens (including phenoxy) is 3. The predicted octanol–water partition coefficient (Wildman–Crippen LogP) is 5.08. The number of esters is 1. The number of hydrogen-bond donors (Lipinski definition) is 1. The summed E-state index contributed by atoms with van der Waals surface area (Å²) in [6.07, 6.45) is 6.59. The van der Waals surface area contributed by atoms with Crippen LogP contribution in [0.25, 0.3) is 0 Å². The molecule has 2 aromatic carbocycles. The largest absolute Gasteiger partial charge is 0.496 e. The Morgan fingerprint density at radius 1 is 1.06 bits per heavy atom. The first-order chi connectivity index (χ1) is 17.4. The van der Waals surface area contributed by atoms with Crippen LogP contribution >= 0.6 is 0 Å². The van der Waals surface area contributed by atoms with Crippen molar-refractivity contribution in [2.75, 3.05) is 20.8 Å². The summed E-state index contributed by atoms with van der Waals surface area (Å²) < 4.78 is 18.0. The lowest BCUT2D eigenvalue weighted by molar-refractivity contribution is -0.143. The lowest BCUT2D eigenvalue weighted by Crippen LogP contribution is -2.20. The first-order valence-electron chi connectivity index (χ1n) is 12.6. The molecular weight excluding hydrogens is 456 g/mol. The molecule has 1 heterocycles. The number of carbonyl (C=O) groups excluding carboxylic acids is 1. The van der Waals surface area contributed by atoms with Crippen molar-refractivity contribution in [1.29, 1.82) is 0 Å². The van der Waals surface area contributed by atoms with Crippen molar-refractivity contribution in [3.63, 3.8) is 0 Å². The maximum absolute atomic E-state index is 11.7. The number of aromatic nitrogens is 2. The van der Waals surface area contributed by atoms with Crippen LogP contribution in [0.15, 0.2) is 54.9 Å². The Balaban J connectivity index is 1.76. The summed E-state index contributed by atoms with van der Waals surface area (Å²) in [6.45, 7) is 4.67. The van der Waals surface area contributed by atoms with Gasteiger partial charge in [0.1, 0.15) is 11.5 Å². The molecule has 0 saturated heterocycles. The molecule has 0 aliphatic heterocycles. The molecule has 3 aromatic rings. The highest BCUT2D eigenvalue weighted by Gasteiger charge is 2.24. The Morgan fingerprint density at radius 2 is 1.75 bits per heavy atom. The van der Waals surface area contributed by atoms with Crippen LogP contribution in [0.2, 0.25) is 0 Å². The monoisotopic (exact) mass is 494 g/mol. The average molecular weight is 495 g/mol. The normalized spacial score (nSPS) is 12.7. The van der Waals surface area contributed by atoms with E-state index in [1.165, 1.54) is 5.56 Å². The van der Waals surface area contributed by atoms with Crippen molar-refractivity contribution in [1.82, 2.24) is 9.78 Å². The summed E-state index contributed by atoms with van der Waals surface area (Å²) in [5, 5.41) is 16.0. The summed E-state index contributed by atoms with van der Waals surface area (Å²) in [7, 11) is 3.24. The topological polar surface area (TPSA) is 82.8 Å². The lowest BCUT2D eigenvalue weighted by Gasteiger charge is -2.25. The standard InChI is InChI=1S/C29H38N2O5/c1-5-36-28(32)15-14-23-18-30-31(19-23)20-24(13-9-12-22-10-7-6-8-11-22)29(33)25-16-26(34-3)21(2)27(17-25)35-4/h6-8,10-11,16-19,24,29,33H,5,9,12-15,20H2,1-4H3. The van der Waals surface area contributed by atoms with Gasteiger partial charge in [-0.25, -0.2) is 0 Å². The molecule has 0 bridgehead atoms. The molecule has 0 saturated carbocycles. The van der Waals surface area contributed by atoms with E-state index in [0.717, 1.165) is 36.0 Å². The molecule has 1 N–H and O–H groups in total. The summed E-state index contributed by atoms with van der Waals surface area (Å²) in [5.41, 5.74) is 3.91. The smallest absolute Gasteiger partial charge is 0.306 e. The number of hydrogen-bond acceptors (Lipinski definition) is 6. The first kappa shape index (κ1) is 27.3. The van der Waals surface area contributed by atoms with E-state index in [1.54, 1.807) is 27.3 Å². The molecule has 0 spiro atoms. The molecule has 1 aromatic heterocycles. The first-order valence-corrected chi connectivity index (χ1v) is 12.6. The van der Waals surface area contributed by atoms with Gasteiger partial charge in [-0.1, -0.05) is 30.3 Å². The molecule has 0 fully saturated rings. The number of aliphatic hydroxyl groups is 1. The fraction of sp³-hybridized carbons (Fsp3) is 0.448. The van der Waals surface area contributed by atoms with Crippen molar-refractivity contribution in [3.8, 4) is 11.5 Å². The zero-order chi connectivity index (χ0) is 25.9. The minimum absolute atomic E-state index is 0.0800. The number of aliphatic hydroxyl groups excluding tert-OH is 1. The highest BCUT2D eigenvalue weighted by atomic mass is 16.5. The molecule has 0 aliphatic carbocycles. The predicted molar refractivity (Wildman–Crippen MR) is 139 cm³/mol. The zero-order valence-corrected chi connectivity index (χ0v) is 21.8. The van der Waals surface area contributed by atoms with E-state index in [4.69, 9.17) is 14.2 Å². The van der Waals surface area contributed by atoms with Crippen molar-refractivity contribution >= 4 is 5.97 Å². The number of nitrogens with zero attached hydrogens (tertiary/aromatic N) is 2. The van der Waals surface area contributed by atoms with E-state index >= 15 is 0 Å². The van der Waals surface area contributed by atoms with Crippen molar-refractivity contribution in [2.45, 2.75) is 58.6 Å². The Hall–Kier alpha value is -3.32. The van der Waals surface area contributed by atoms with Crippen LogP contribution in [0.3, 0.4) is 0 Å². The second-order valence-corrected chi connectivity index (χ2v) is 9.01. The second kappa shape index (κ2) is 13.7. The number of methoxy groups -OCH3 is 2. The molecule has 7 nitrogen and oxygen atoms in total. The molecule has 2 unspecified atom stereocenters. The van der Waals surface area contributed by atoms with E-state index < -0.39 is 6.10 Å². The molecule has 0 amide bonds. The number of carbonyl (C=O) groups is 1. The highest BCUT2D eigenvalue weighted by Crippen LogP contribution is 2.36. The third-order valence-corrected chi connectivity index (χ3v) is 6.48. The third kappa shape index (κ3) is 7.59. The lowest BCUT2D eigenvalue weighted by atomic mass is 9.89. The van der Waals surface area contributed by atoms with Gasteiger partial charge in [-0.15, -0.1) is 0 Å². The Kier molecular flexibility index (Phi) is 10.4. The van der Waals surface area contributed by atoms with Gasteiger partial charge in [-0.05, 0) is 68.4 Å². The minimum atomic E-state index is -0.726. The zero-order valence-electron chi connectivity index (χ0n) is 21.8. The van der Waals surface area contributed by atoms with E-state index in [9.17, 15) is 9.90 Å². The average Bonchev–Trinajstić information content (AvgIpc) is 3.35. The van der Waals surface area contributed by atoms with Gasteiger partial charge in [0.15, 0.2) is 0 Å². The fourth-order valence-corrected chi connectivity index (χ4v) is 4.47. The molecule has 3 rings (SSSR count). The van der Waals surface area contributed by atoms with Crippen LogP contribution in [0.1, 0.15) is 54.5 Å². The summed E-state index contributed by atoms with van der Waals surface area (Å²) in [6, 6.07) is 14.2. The molecule has 0 radical (unpaired) electrons. The molecular formula is C29H38N2O5. The Bertz CT molecular complexity index is 1070. The van der Waals surface area contributed by atoms with Crippen molar-refractivity contribution < 1.29 is 24.1 Å². The van der Waals surface area contributed by atoms with Crippen LogP contribution in [0.5, 0.6) is 11.5 Å². The molecule has 2 atom stereocenters.